The molecule has 0 aromatic heterocycles. The highest BCUT2D eigenvalue weighted by molar-refractivity contribution is 5.91. The predicted octanol–water partition coefficient (Wildman–Crippen LogP) is 3.43. The van der Waals surface area contributed by atoms with Crippen LogP contribution in [-0.2, 0) is 9.53 Å². The van der Waals surface area contributed by atoms with E-state index < -0.39 is 11.7 Å². The molecule has 0 radical (unpaired) electrons. The summed E-state index contributed by atoms with van der Waals surface area (Å²) in [5, 5.41) is 0. The van der Waals surface area contributed by atoms with Crippen molar-refractivity contribution in [3.8, 4) is 0 Å². The second-order valence-electron chi connectivity index (χ2n) is 6.71. The summed E-state index contributed by atoms with van der Waals surface area (Å²) < 4.78 is 18.7. The van der Waals surface area contributed by atoms with E-state index in [4.69, 9.17) is 4.74 Å². The van der Waals surface area contributed by atoms with Crippen molar-refractivity contribution in [3.05, 3.63) is 35.1 Å². The summed E-state index contributed by atoms with van der Waals surface area (Å²) in [4.78, 5) is 25.8. The minimum atomic E-state index is -0.587. The van der Waals surface area contributed by atoms with E-state index in [0.29, 0.717) is 18.5 Å². The second kappa shape index (κ2) is 6.07. The number of hydrogen-bond acceptors (Lipinski definition) is 3. The molecule has 5 heteroatoms. The van der Waals surface area contributed by atoms with Crippen molar-refractivity contribution in [1.82, 2.24) is 4.90 Å². The van der Waals surface area contributed by atoms with E-state index in [1.807, 2.05) is 6.92 Å². The SMILES string of the molecule is Cc1ccc(F)cc1[C@@H]1CCN(C(=O)OC(C)(C)C)CC1=O. The minimum Gasteiger partial charge on any atom is -0.444 e. The largest absolute Gasteiger partial charge is 0.444 e. The van der Waals surface area contributed by atoms with E-state index in [0.717, 1.165) is 5.56 Å². The first-order valence-corrected chi connectivity index (χ1v) is 7.44. The molecule has 0 N–H and O–H groups in total. The van der Waals surface area contributed by atoms with Crippen LogP contribution in [0.3, 0.4) is 0 Å². The molecule has 4 nitrogen and oxygen atoms in total. The minimum absolute atomic E-state index is 0.00946. The van der Waals surface area contributed by atoms with E-state index in [1.165, 1.54) is 17.0 Å². The number of hydrogen-bond donors (Lipinski definition) is 0. The maximum absolute atomic E-state index is 13.4. The van der Waals surface area contributed by atoms with E-state index in [-0.39, 0.29) is 24.1 Å². The Balaban J connectivity index is 2.09. The fourth-order valence-electron chi connectivity index (χ4n) is 2.62. The fraction of sp³-hybridized carbons (Fsp3) is 0.529. The van der Waals surface area contributed by atoms with Gasteiger partial charge in [0.2, 0.25) is 0 Å². The molecule has 1 aliphatic rings. The maximum Gasteiger partial charge on any atom is 0.410 e. The molecular weight excluding hydrogens is 285 g/mol. The number of carbonyl (C=O) groups excluding carboxylic acids is 2. The van der Waals surface area contributed by atoms with Crippen molar-refractivity contribution in [2.45, 2.75) is 45.6 Å². The summed E-state index contributed by atoms with van der Waals surface area (Å²) >= 11 is 0. The number of aryl methyl sites for hydroxylation is 1. The first kappa shape index (κ1) is 16.5. The van der Waals surface area contributed by atoms with Crippen LogP contribution in [-0.4, -0.2) is 35.5 Å². The number of rotatable bonds is 1. The van der Waals surface area contributed by atoms with Crippen LogP contribution in [0.4, 0.5) is 9.18 Å². The molecule has 1 fully saturated rings. The molecule has 0 aliphatic carbocycles. The summed E-state index contributed by atoms with van der Waals surface area (Å²) in [6.45, 7) is 7.67. The van der Waals surface area contributed by atoms with Gasteiger partial charge in [-0.05, 0) is 57.4 Å². The summed E-state index contributed by atoms with van der Waals surface area (Å²) in [7, 11) is 0. The van der Waals surface area contributed by atoms with Crippen LogP contribution in [0.25, 0.3) is 0 Å². The summed E-state index contributed by atoms with van der Waals surface area (Å²) in [6.07, 6.45) is 0.0119. The highest BCUT2D eigenvalue weighted by atomic mass is 19.1. The van der Waals surface area contributed by atoms with Gasteiger partial charge in [-0.2, -0.15) is 0 Å². The Kier molecular flexibility index (Phi) is 4.54. The highest BCUT2D eigenvalue weighted by Crippen LogP contribution is 2.29. The van der Waals surface area contributed by atoms with Gasteiger partial charge in [-0.3, -0.25) is 4.79 Å². The Labute approximate surface area is 130 Å². The highest BCUT2D eigenvalue weighted by Gasteiger charge is 2.33. The number of ether oxygens (including phenoxy) is 1. The van der Waals surface area contributed by atoms with E-state index in [1.54, 1.807) is 26.8 Å². The molecule has 1 atom stereocenters. The van der Waals surface area contributed by atoms with Crippen molar-refractivity contribution in [1.29, 1.82) is 0 Å². The van der Waals surface area contributed by atoms with Gasteiger partial charge in [-0.1, -0.05) is 6.07 Å². The number of benzene rings is 1. The zero-order valence-corrected chi connectivity index (χ0v) is 13.5. The first-order chi connectivity index (χ1) is 10.2. The van der Waals surface area contributed by atoms with Crippen LogP contribution in [0, 0.1) is 12.7 Å². The van der Waals surface area contributed by atoms with Crippen LogP contribution in [0.15, 0.2) is 18.2 Å². The number of halogens is 1. The van der Waals surface area contributed by atoms with Gasteiger partial charge >= 0.3 is 6.09 Å². The van der Waals surface area contributed by atoms with Crippen molar-refractivity contribution in [2.75, 3.05) is 13.1 Å². The number of Topliss-reactive ketones (excluding diaryl/α,β-unsaturated/α-hetero) is 1. The number of likely N-dealkylation sites (tertiary alicyclic amines) is 1. The van der Waals surface area contributed by atoms with Gasteiger partial charge in [-0.25, -0.2) is 9.18 Å². The quantitative estimate of drug-likeness (QED) is 0.798. The van der Waals surface area contributed by atoms with Crippen molar-refractivity contribution in [2.24, 2.45) is 0 Å². The Hall–Kier alpha value is -1.91. The number of amides is 1. The molecule has 0 bridgehead atoms. The Morgan fingerprint density at radius 1 is 1.36 bits per heavy atom. The summed E-state index contributed by atoms with van der Waals surface area (Å²) in [6, 6.07) is 4.48. The number of piperidine rings is 1. The van der Waals surface area contributed by atoms with Gasteiger partial charge in [0.25, 0.3) is 0 Å². The lowest BCUT2D eigenvalue weighted by Crippen LogP contribution is -2.45. The smallest absolute Gasteiger partial charge is 0.410 e. The molecule has 22 heavy (non-hydrogen) atoms. The molecule has 2 rings (SSSR count). The Morgan fingerprint density at radius 2 is 2.05 bits per heavy atom. The zero-order valence-electron chi connectivity index (χ0n) is 13.5. The van der Waals surface area contributed by atoms with Crippen LogP contribution in [0.1, 0.15) is 44.2 Å². The van der Waals surface area contributed by atoms with Gasteiger partial charge in [-0.15, -0.1) is 0 Å². The van der Waals surface area contributed by atoms with Crippen LogP contribution < -0.4 is 0 Å². The standard InChI is InChI=1S/C17H22FNO3/c1-11-5-6-12(18)9-14(11)13-7-8-19(10-15(13)20)16(21)22-17(2,3)4/h5-6,9,13H,7-8,10H2,1-4H3/t13-/m0/s1. The summed E-state index contributed by atoms with van der Waals surface area (Å²) in [5.41, 5.74) is 1.02. The molecule has 1 amide bonds. The monoisotopic (exact) mass is 307 g/mol. The van der Waals surface area contributed by atoms with Crippen molar-refractivity contribution in [3.63, 3.8) is 0 Å². The molecule has 1 aromatic carbocycles. The zero-order chi connectivity index (χ0) is 16.5. The van der Waals surface area contributed by atoms with Gasteiger partial charge in [0.1, 0.15) is 11.4 Å². The number of nitrogens with zero attached hydrogens (tertiary/aromatic N) is 1. The molecule has 120 valence electrons. The van der Waals surface area contributed by atoms with E-state index >= 15 is 0 Å². The third kappa shape index (κ3) is 3.84. The third-order valence-electron chi connectivity index (χ3n) is 3.69. The average molecular weight is 307 g/mol. The lowest BCUT2D eigenvalue weighted by Gasteiger charge is -2.33. The van der Waals surface area contributed by atoms with Crippen LogP contribution in [0.2, 0.25) is 0 Å². The van der Waals surface area contributed by atoms with Crippen molar-refractivity contribution >= 4 is 11.9 Å². The Bertz CT molecular complexity index is 592. The average Bonchev–Trinajstić information content (AvgIpc) is 2.40. The molecule has 1 saturated heterocycles. The van der Waals surface area contributed by atoms with Gasteiger partial charge in [0, 0.05) is 12.5 Å². The van der Waals surface area contributed by atoms with E-state index in [2.05, 4.69) is 0 Å². The van der Waals surface area contributed by atoms with E-state index in [9.17, 15) is 14.0 Å². The van der Waals surface area contributed by atoms with Gasteiger partial charge in [0.15, 0.2) is 5.78 Å². The predicted molar refractivity (Wildman–Crippen MR) is 81.3 cm³/mol. The Morgan fingerprint density at radius 3 is 2.64 bits per heavy atom. The molecule has 1 aromatic rings. The van der Waals surface area contributed by atoms with Crippen LogP contribution >= 0.6 is 0 Å². The van der Waals surface area contributed by atoms with Gasteiger partial charge < -0.3 is 9.64 Å². The first-order valence-electron chi connectivity index (χ1n) is 7.44. The topological polar surface area (TPSA) is 46.6 Å². The van der Waals surface area contributed by atoms with Crippen LogP contribution in [0.5, 0.6) is 0 Å². The van der Waals surface area contributed by atoms with Crippen molar-refractivity contribution < 1.29 is 18.7 Å². The molecule has 1 aliphatic heterocycles. The number of ketones is 1. The molecule has 0 spiro atoms. The normalized spacial score (nSPS) is 19.2. The molecule has 0 unspecified atom stereocenters. The lowest BCUT2D eigenvalue weighted by atomic mass is 9.86. The maximum atomic E-state index is 13.4. The van der Waals surface area contributed by atoms with Gasteiger partial charge in [0.05, 0.1) is 6.54 Å². The fourth-order valence-corrected chi connectivity index (χ4v) is 2.62. The third-order valence-corrected chi connectivity index (χ3v) is 3.69. The summed E-state index contributed by atoms with van der Waals surface area (Å²) in [5.74, 6) is -0.775. The second-order valence-corrected chi connectivity index (χ2v) is 6.71. The lowest BCUT2D eigenvalue weighted by molar-refractivity contribution is -0.123. The molecule has 0 saturated carbocycles. The molecular formula is C17H22FNO3. The number of carbonyl (C=O) groups is 2. The molecule has 1 heterocycles.